The molecule has 0 amide bonds. The molecular formula is C15H20O3. The Morgan fingerprint density at radius 2 is 2.00 bits per heavy atom. The molecule has 0 saturated heterocycles. The Hall–Kier alpha value is -1.35. The zero-order chi connectivity index (χ0) is 13.3. The van der Waals surface area contributed by atoms with Crippen molar-refractivity contribution in [1.29, 1.82) is 0 Å². The molecule has 0 spiro atoms. The van der Waals surface area contributed by atoms with E-state index in [1.54, 1.807) is 7.11 Å². The number of carbonyl (C=O) groups is 1. The minimum absolute atomic E-state index is 0.0525. The van der Waals surface area contributed by atoms with Crippen molar-refractivity contribution in [2.75, 3.05) is 7.11 Å². The van der Waals surface area contributed by atoms with E-state index in [0.717, 1.165) is 11.3 Å². The summed E-state index contributed by atoms with van der Waals surface area (Å²) in [7, 11) is 1.63. The van der Waals surface area contributed by atoms with Crippen LogP contribution < -0.4 is 4.74 Å². The van der Waals surface area contributed by atoms with E-state index in [4.69, 9.17) is 4.74 Å². The topological polar surface area (TPSA) is 46.5 Å². The van der Waals surface area contributed by atoms with E-state index in [0.29, 0.717) is 12.8 Å². The largest absolute Gasteiger partial charge is 0.496 e. The standard InChI is InChI=1S/C15H20O3/c1-15(2)13(16)8-10(9-14(15)17)11-6-4-5-7-12(11)18-3/h4-7,10,13,16H,8-9H2,1-3H3/t10-,13+/m0/s1. The zero-order valence-corrected chi connectivity index (χ0v) is 11.1. The lowest BCUT2D eigenvalue weighted by Gasteiger charge is -2.38. The first-order valence-electron chi connectivity index (χ1n) is 6.31. The Kier molecular flexibility index (Phi) is 3.44. The van der Waals surface area contributed by atoms with Gasteiger partial charge in [0.2, 0.25) is 0 Å². The number of rotatable bonds is 2. The summed E-state index contributed by atoms with van der Waals surface area (Å²) in [6.45, 7) is 3.64. The van der Waals surface area contributed by atoms with E-state index in [9.17, 15) is 9.90 Å². The monoisotopic (exact) mass is 248 g/mol. The van der Waals surface area contributed by atoms with Crippen LogP contribution in [0.4, 0.5) is 0 Å². The highest BCUT2D eigenvalue weighted by atomic mass is 16.5. The molecule has 1 N–H and O–H groups in total. The number of aliphatic hydroxyl groups is 1. The fourth-order valence-electron chi connectivity index (χ4n) is 2.56. The van der Waals surface area contributed by atoms with Gasteiger partial charge in [0, 0.05) is 11.8 Å². The molecule has 1 aliphatic carbocycles. The Morgan fingerprint density at radius 3 is 2.61 bits per heavy atom. The molecule has 0 aliphatic heterocycles. The Bertz CT molecular complexity index is 451. The number of hydrogen-bond donors (Lipinski definition) is 1. The first-order valence-corrected chi connectivity index (χ1v) is 6.31. The van der Waals surface area contributed by atoms with Crippen LogP contribution in [0.2, 0.25) is 0 Å². The normalized spacial score (nSPS) is 27.0. The highest BCUT2D eigenvalue weighted by molar-refractivity contribution is 5.86. The van der Waals surface area contributed by atoms with Gasteiger partial charge in [0.1, 0.15) is 11.5 Å². The maximum Gasteiger partial charge on any atom is 0.141 e. The predicted molar refractivity (Wildman–Crippen MR) is 69.8 cm³/mol. The minimum Gasteiger partial charge on any atom is -0.496 e. The molecule has 0 unspecified atom stereocenters. The number of carbonyl (C=O) groups excluding carboxylic acids is 1. The summed E-state index contributed by atoms with van der Waals surface area (Å²) in [6, 6.07) is 7.72. The lowest BCUT2D eigenvalue weighted by atomic mass is 9.68. The number of methoxy groups -OCH3 is 1. The van der Waals surface area contributed by atoms with Crippen molar-refractivity contribution >= 4 is 5.78 Å². The van der Waals surface area contributed by atoms with Crippen LogP contribution in [0.15, 0.2) is 24.3 Å². The highest BCUT2D eigenvalue weighted by Gasteiger charge is 2.42. The number of Topliss-reactive ketones (excluding diaryl/α,β-unsaturated/α-hetero) is 1. The maximum atomic E-state index is 12.1. The van der Waals surface area contributed by atoms with Crippen molar-refractivity contribution in [3.63, 3.8) is 0 Å². The summed E-state index contributed by atoms with van der Waals surface area (Å²) in [6.07, 6.45) is 0.498. The van der Waals surface area contributed by atoms with Crippen LogP contribution in [0.3, 0.4) is 0 Å². The van der Waals surface area contributed by atoms with Gasteiger partial charge in [-0.2, -0.15) is 0 Å². The summed E-state index contributed by atoms with van der Waals surface area (Å²) in [5, 5.41) is 10.1. The SMILES string of the molecule is COc1ccccc1[C@@H]1CC(=O)C(C)(C)[C@H](O)C1. The summed E-state index contributed by atoms with van der Waals surface area (Å²) in [5.74, 6) is 0.969. The van der Waals surface area contributed by atoms with E-state index in [2.05, 4.69) is 0 Å². The van der Waals surface area contributed by atoms with E-state index in [1.807, 2.05) is 38.1 Å². The van der Waals surface area contributed by atoms with Crippen molar-refractivity contribution in [3.05, 3.63) is 29.8 Å². The van der Waals surface area contributed by atoms with Gasteiger partial charge in [0.15, 0.2) is 0 Å². The van der Waals surface area contributed by atoms with E-state index in [1.165, 1.54) is 0 Å². The van der Waals surface area contributed by atoms with Gasteiger partial charge in [0.25, 0.3) is 0 Å². The first-order chi connectivity index (χ1) is 8.46. The molecule has 1 fully saturated rings. The maximum absolute atomic E-state index is 12.1. The van der Waals surface area contributed by atoms with Crippen LogP contribution in [0.1, 0.15) is 38.2 Å². The summed E-state index contributed by atoms with van der Waals surface area (Å²) in [4.78, 5) is 12.1. The van der Waals surface area contributed by atoms with Gasteiger partial charge in [-0.1, -0.05) is 32.0 Å². The Morgan fingerprint density at radius 1 is 1.33 bits per heavy atom. The second kappa shape index (κ2) is 4.73. The molecule has 1 aliphatic rings. The third-order valence-corrected chi connectivity index (χ3v) is 4.07. The van der Waals surface area contributed by atoms with Gasteiger partial charge in [-0.05, 0) is 24.0 Å². The quantitative estimate of drug-likeness (QED) is 0.874. The third kappa shape index (κ3) is 2.15. The molecule has 0 bridgehead atoms. The molecular weight excluding hydrogens is 228 g/mol. The van der Waals surface area contributed by atoms with Gasteiger partial charge < -0.3 is 9.84 Å². The van der Waals surface area contributed by atoms with Gasteiger partial charge >= 0.3 is 0 Å². The van der Waals surface area contributed by atoms with Crippen LogP contribution in [0.5, 0.6) is 5.75 Å². The van der Waals surface area contributed by atoms with Crippen LogP contribution in [0.25, 0.3) is 0 Å². The second-order valence-corrected chi connectivity index (χ2v) is 5.54. The number of benzene rings is 1. The van der Waals surface area contributed by atoms with E-state index < -0.39 is 11.5 Å². The number of ether oxygens (including phenoxy) is 1. The van der Waals surface area contributed by atoms with Gasteiger partial charge in [-0.15, -0.1) is 0 Å². The zero-order valence-electron chi connectivity index (χ0n) is 11.1. The molecule has 0 radical (unpaired) electrons. The molecule has 3 heteroatoms. The highest BCUT2D eigenvalue weighted by Crippen LogP contribution is 2.42. The lowest BCUT2D eigenvalue weighted by molar-refractivity contribution is -0.137. The van der Waals surface area contributed by atoms with Crippen molar-refractivity contribution in [2.45, 2.75) is 38.7 Å². The molecule has 1 saturated carbocycles. The van der Waals surface area contributed by atoms with Crippen molar-refractivity contribution in [3.8, 4) is 5.75 Å². The first kappa shape index (κ1) is 13.1. The van der Waals surface area contributed by atoms with Gasteiger partial charge in [0.05, 0.1) is 13.2 Å². The lowest BCUT2D eigenvalue weighted by Crippen LogP contribution is -2.43. The van der Waals surface area contributed by atoms with E-state index >= 15 is 0 Å². The summed E-state index contributed by atoms with van der Waals surface area (Å²) in [5.41, 5.74) is 0.390. The molecule has 0 aromatic heterocycles. The molecule has 0 heterocycles. The average Bonchev–Trinajstić information content (AvgIpc) is 2.36. The summed E-state index contributed by atoms with van der Waals surface area (Å²) < 4.78 is 5.33. The fraction of sp³-hybridized carbons (Fsp3) is 0.533. The molecule has 3 nitrogen and oxygen atoms in total. The fourth-order valence-corrected chi connectivity index (χ4v) is 2.56. The van der Waals surface area contributed by atoms with Gasteiger partial charge in [-0.3, -0.25) is 4.79 Å². The Labute approximate surface area is 108 Å². The number of para-hydroxylation sites is 1. The van der Waals surface area contributed by atoms with Crippen LogP contribution in [-0.4, -0.2) is 24.1 Å². The van der Waals surface area contributed by atoms with E-state index in [-0.39, 0.29) is 11.7 Å². The third-order valence-electron chi connectivity index (χ3n) is 4.07. The van der Waals surface area contributed by atoms with Crippen LogP contribution in [-0.2, 0) is 4.79 Å². The van der Waals surface area contributed by atoms with Gasteiger partial charge in [-0.25, -0.2) is 0 Å². The molecule has 1 aromatic rings. The van der Waals surface area contributed by atoms with Crippen LogP contribution >= 0.6 is 0 Å². The number of aliphatic hydroxyl groups excluding tert-OH is 1. The van der Waals surface area contributed by atoms with Crippen molar-refractivity contribution in [1.82, 2.24) is 0 Å². The number of hydrogen-bond acceptors (Lipinski definition) is 3. The minimum atomic E-state index is -0.626. The predicted octanol–water partition coefficient (Wildman–Crippen LogP) is 2.53. The molecule has 18 heavy (non-hydrogen) atoms. The molecule has 98 valence electrons. The molecule has 2 atom stereocenters. The summed E-state index contributed by atoms with van der Waals surface area (Å²) >= 11 is 0. The van der Waals surface area contributed by atoms with Crippen molar-refractivity contribution < 1.29 is 14.6 Å². The van der Waals surface area contributed by atoms with Crippen molar-refractivity contribution in [2.24, 2.45) is 5.41 Å². The average molecular weight is 248 g/mol. The number of ketones is 1. The Balaban J connectivity index is 2.29. The molecule has 1 aromatic carbocycles. The second-order valence-electron chi connectivity index (χ2n) is 5.54. The molecule has 2 rings (SSSR count). The smallest absolute Gasteiger partial charge is 0.141 e. The van der Waals surface area contributed by atoms with Crippen LogP contribution in [0, 0.1) is 5.41 Å².